The first-order valence-corrected chi connectivity index (χ1v) is 18.2. The third kappa shape index (κ3) is 4.85. The SMILES string of the molecule is CC1(c2ccccc2)c2ccccc2-c2cc(-c3ccc(-c4cc(-c5ccc6sc7ccccc7c6c5)nc(-c5ccccc5)n4)cc3)ccc21. The fraction of sp³-hybridized carbons (Fsp3) is 0.0417. The van der Waals surface area contributed by atoms with Gasteiger partial charge in [0.15, 0.2) is 5.82 Å². The Morgan fingerprint density at radius 3 is 1.84 bits per heavy atom. The van der Waals surface area contributed by atoms with Crippen molar-refractivity contribution < 1.29 is 0 Å². The van der Waals surface area contributed by atoms with E-state index in [0.29, 0.717) is 0 Å². The molecule has 0 fully saturated rings. The molecule has 0 saturated heterocycles. The predicted molar refractivity (Wildman–Crippen MR) is 214 cm³/mol. The molecule has 240 valence electrons. The van der Waals surface area contributed by atoms with E-state index in [1.807, 2.05) is 29.5 Å². The standard InChI is InChI=1S/C48H32N2S/c1-48(36-14-6-3-7-15-36)41-18-10-8-16-37(41)39-28-34(24-26-42(39)48)31-20-22-32(23-21-31)43-30-44(50-47(49-43)33-12-4-2-5-13-33)35-25-27-46-40(29-35)38-17-9-11-19-45(38)51-46/h2-30H,1H3. The number of fused-ring (bicyclic) bond motifs is 6. The molecule has 0 saturated carbocycles. The molecule has 1 unspecified atom stereocenters. The van der Waals surface area contributed by atoms with E-state index in [2.05, 4.69) is 165 Å². The van der Waals surface area contributed by atoms with Crippen LogP contribution in [-0.4, -0.2) is 9.97 Å². The molecule has 0 spiro atoms. The van der Waals surface area contributed by atoms with Crippen LogP contribution in [-0.2, 0) is 5.41 Å². The maximum Gasteiger partial charge on any atom is 0.160 e. The van der Waals surface area contributed by atoms with Crippen LogP contribution in [0.4, 0.5) is 0 Å². The quantitative estimate of drug-likeness (QED) is 0.182. The Labute approximate surface area is 301 Å². The summed E-state index contributed by atoms with van der Waals surface area (Å²) in [4.78, 5) is 10.2. The molecule has 3 heteroatoms. The molecular formula is C48H32N2S. The minimum atomic E-state index is -0.197. The molecule has 1 aliphatic carbocycles. The molecule has 2 heterocycles. The highest BCUT2D eigenvalue weighted by Gasteiger charge is 2.40. The van der Waals surface area contributed by atoms with Crippen molar-refractivity contribution in [2.45, 2.75) is 12.3 Å². The van der Waals surface area contributed by atoms with Gasteiger partial charge in [-0.15, -0.1) is 11.3 Å². The number of thiophene rings is 1. The number of rotatable bonds is 5. The lowest BCUT2D eigenvalue weighted by atomic mass is 9.74. The van der Waals surface area contributed by atoms with Crippen molar-refractivity contribution in [1.29, 1.82) is 0 Å². The van der Waals surface area contributed by atoms with Crippen LogP contribution in [0.5, 0.6) is 0 Å². The van der Waals surface area contributed by atoms with Crippen LogP contribution in [0.25, 0.3) is 76.3 Å². The lowest BCUT2D eigenvalue weighted by Gasteiger charge is -2.28. The normalized spacial score (nSPS) is 14.8. The Hall–Kier alpha value is -6.16. The first-order chi connectivity index (χ1) is 25.1. The first-order valence-electron chi connectivity index (χ1n) is 17.4. The van der Waals surface area contributed by atoms with E-state index in [9.17, 15) is 0 Å². The molecule has 0 amide bonds. The van der Waals surface area contributed by atoms with Crippen molar-refractivity contribution in [2.75, 3.05) is 0 Å². The van der Waals surface area contributed by atoms with Gasteiger partial charge in [0.25, 0.3) is 0 Å². The Bertz CT molecular complexity index is 2750. The van der Waals surface area contributed by atoms with E-state index in [-0.39, 0.29) is 5.41 Å². The number of hydrogen-bond acceptors (Lipinski definition) is 3. The lowest BCUT2D eigenvalue weighted by Crippen LogP contribution is -2.22. The van der Waals surface area contributed by atoms with Crippen LogP contribution in [0.1, 0.15) is 23.6 Å². The van der Waals surface area contributed by atoms with Crippen LogP contribution >= 0.6 is 11.3 Å². The molecule has 2 aromatic heterocycles. The maximum atomic E-state index is 5.11. The fourth-order valence-electron chi connectivity index (χ4n) is 7.94. The van der Waals surface area contributed by atoms with Gasteiger partial charge >= 0.3 is 0 Å². The van der Waals surface area contributed by atoms with Crippen molar-refractivity contribution in [3.63, 3.8) is 0 Å². The zero-order valence-corrected chi connectivity index (χ0v) is 28.9. The number of aromatic nitrogens is 2. The summed E-state index contributed by atoms with van der Waals surface area (Å²) in [6.45, 7) is 2.36. The van der Waals surface area contributed by atoms with Gasteiger partial charge in [-0.1, -0.05) is 146 Å². The van der Waals surface area contributed by atoms with Crippen molar-refractivity contribution >= 4 is 31.5 Å². The Balaban J connectivity index is 1.05. The van der Waals surface area contributed by atoms with Crippen molar-refractivity contribution in [2.24, 2.45) is 0 Å². The van der Waals surface area contributed by atoms with E-state index < -0.39 is 0 Å². The molecule has 0 N–H and O–H groups in total. The highest BCUT2D eigenvalue weighted by molar-refractivity contribution is 7.25. The maximum absolute atomic E-state index is 5.11. The Morgan fingerprint density at radius 1 is 0.412 bits per heavy atom. The van der Waals surface area contributed by atoms with Gasteiger partial charge < -0.3 is 0 Å². The molecule has 0 aliphatic heterocycles. The van der Waals surface area contributed by atoms with E-state index in [0.717, 1.165) is 33.9 Å². The molecule has 9 aromatic rings. The summed E-state index contributed by atoms with van der Waals surface area (Å²) in [5, 5.41) is 2.55. The predicted octanol–water partition coefficient (Wildman–Crippen LogP) is 12.8. The Kier molecular flexibility index (Phi) is 6.83. The highest BCUT2D eigenvalue weighted by Crippen LogP contribution is 2.53. The average molecular weight is 669 g/mol. The molecule has 0 bridgehead atoms. The zero-order valence-electron chi connectivity index (χ0n) is 28.0. The summed E-state index contributed by atoms with van der Waals surface area (Å²) >= 11 is 1.83. The summed E-state index contributed by atoms with van der Waals surface area (Å²) < 4.78 is 2.59. The molecule has 1 aliphatic rings. The van der Waals surface area contributed by atoms with E-state index in [1.165, 1.54) is 59.1 Å². The molecule has 51 heavy (non-hydrogen) atoms. The molecular weight excluding hydrogens is 637 g/mol. The van der Waals surface area contributed by atoms with Crippen LogP contribution in [0.3, 0.4) is 0 Å². The average Bonchev–Trinajstić information content (AvgIpc) is 3.71. The van der Waals surface area contributed by atoms with Gasteiger partial charge in [-0.05, 0) is 76.2 Å². The minimum absolute atomic E-state index is 0.197. The number of hydrogen-bond donors (Lipinski definition) is 0. The van der Waals surface area contributed by atoms with Crippen molar-refractivity contribution in [3.05, 3.63) is 193 Å². The zero-order chi connectivity index (χ0) is 33.9. The lowest BCUT2D eigenvalue weighted by molar-refractivity contribution is 0.714. The largest absolute Gasteiger partial charge is 0.228 e. The van der Waals surface area contributed by atoms with Crippen molar-refractivity contribution in [3.8, 4) is 56.2 Å². The Morgan fingerprint density at radius 2 is 1.02 bits per heavy atom. The van der Waals surface area contributed by atoms with Crippen LogP contribution in [0, 0.1) is 0 Å². The third-order valence-corrected chi connectivity index (χ3v) is 11.8. The van der Waals surface area contributed by atoms with Gasteiger partial charge in [-0.25, -0.2) is 9.97 Å². The van der Waals surface area contributed by atoms with E-state index >= 15 is 0 Å². The van der Waals surface area contributed by atoms with Crippen LogP contribution in [0.2, 0.25) is 0 Å². The van der Waals surface area contributed by atoms with Gasteiger partial charge in [0.05, 0.1) is 11.4 Å². The fourth-order valence-corrected chi connectivity index (χ4v) is 9.03. The van der Waals surface area contributed by atoms with Gasteiger partial charge in [0.1, 0.15) is 0 Å². The molecule has 0 radical (unpaired) electrons. The number of benzene rings is 7. The summed E-state index contributed by atoms with van der Waals surface area (Å²) in [7, 11) is 0. The second-order valence-corrected chi connectivity index (χ2v) is 14.6. The summed E-state index contributed by atoms with van der Waals surface area (Å²) in [5.41, 5.74) is 13.8. The molecule has 2 nitrogen and oxygen atoms in total. The summed E-state index contributed by atoms with van der Waals surface area (Å²) in [5.74, 6) is 0.723. The minimum Gasteiger partial charge on any atom is -0.228 e. The van der Waals surface area contributed by atoms with E-state index in [4.69, 9.17) is 9.97 Å². The van der Waals surface area contributed by atoms with Gasteiger partial charge in [0, 0.05) is 42.3 Å². The van der Waals surface area contributed by atoms with Gasteiger partial charge in [-0.2, -0.15) is 0 Å². The second-order valence-electron chi connectivity index (χ2n) is 13.5. The monoisotopic (exact) mass is 668 g/mol. The van der Waals surface area contributed by atoms with E-state index in [1.54, 1.807) is 0 Å². The molecule has 1 atom stereocenters. The molecule has 10 rings (SSSR count). The summed E-state index contributed by atoms with van der Waals surface area (Å²) in [6, 6.07) is 63.3. The third-order valence-electron chi connectivity index (χ3n) is 10.6. The van der Waals surface area contributed by atoms with Gasteiger partial charge in [-0.3, -0.25) is 0 Å². The van der Waals surface area contributed by atoms with Crippen LogP contribution in [0.15, 0.2) is 176 Å². The van der Waals surface area contributed by atoms with Crippen molar-refractivity contribution in [1.82, 2.24) is 9.97 Å². The number of nitrogens with zero attached hydrogens (tertiary/aromatic N) is 2. The van der Waals surface area contributed by atoms with Crippen LogP contribution < -0.4 is 0 Å². The smallest absolute Gasteiger partial charge is 0.160 e. The second kappa shape index (κ2) is 11.7. The highest BCUT2D eigenvalue weighted by atomic mass is 32.1. The van der Waals surface area contributed by atoms with Gasteiger partial charge in [0.2, 0.25) is 0 Å². The summed E-state index contributed by atoms with van der Waals surface area (Å²) in [6.07, 6.45) is 0. The molecule has 7 aromatic carbocycles. The topological polar surface area (TPSA) is 25.8 Å². The first kappa shape index (κ1) is 29.7.